The molecule has 2 aromatic heterocycles. The second-order valence-electron chi connectivity index (χ2n) is 5.95. The highest BCUT2D eigenvalue weighted by atomic mass is 16.5. The quantitative estimate of drug-likeness (QED) is 0.805. The van der Waals surface area contributed by atoms with E-state index in [1.54, 1.807) is 6.20 Å². The van der Waals surface area contributed by atoms with Crippen molar-refractivity contribution >= 4 is 10.9 Å². The van der Waals surface area contributed by atoms with Crippen LogP contribution in [0.4, 0.5) is 0 Å². The number of hydrogen-bond donors (Lipinski definition) is 1. The normalized spacial score (nSPS) is 18.2. The van der Waals surface area contributed by atoms with Crippen molar-refractivity contribution in [2.45, 2.75) is 12.8 Å². The van der Waals surface area contributed by atoms with E-state index in [1.165, 1.54) is 12.8 Å². The van der Waals surface area contributed by atoms with Crippen LogP contribution in [0.25, 0.3) is 16.7 Å². The minimum absolute atomic E-state index is 0.558. The summed E-state index contributed by atoms with van der Waals surface area (Å²) in [6, 6.07) is 14.0. The van der Waals surface area contributed by atoms with E-state index in [-0.39, 0.29) is 0 Å². The number of pyridine rings is 1. The molecular formula is C18H20N4O. The molecule has 0 aliphatic carbocycles. The van der Waals surface area contributed by atoms with Crippen LogP contribution in [-0.4, -0.2) is 34.5 Å². The maximum Gasteiger partial charge on any atom is 0.241 e. The summed E-state index contributed by atoms with van der Waals surface area (Å²) in [6.07, 6.45) is 4.21. The highest BCUT2D eigenvalue weighted by Crippen LogP contribution is 2.27. The first-order chi connectivity index (χ1) is 11.4. The summed E-state index contributed by atoms with van der Waals surface area (Å²) in [7, 11) is 0. The highest BCUT2D eigenvalue weighted by molar-refractivity contribution is 5.85. The molecule has 23 heavy (non-hydrogen) atoms. The van der Waals surface area contributed by atoms with E-state index < -0.39 is 0 Å². The van der Waals surface area contributed by atoms with Crippen LogP contribution in [0, 0.1) is 5.92 Å². The van der Waals surface area contributed by atoms with Crippen molar-refractivity contribution in [2.24, 2.45) is 5.92 Å². The van der Waals surface area contributed by atoms with E-state index in [2.05, 4.69) is 21.5 Å². The van der Waals surface area contributed by atoms with E-state index in [0.29, 0.717) is 18.4 Å². The van der Waals surface area contributed by atoms with Crippen LogP contribution in [0.1, 0.15) is 12.8 Å². The fraction of sp³-hybridized carbons (Fsp3) is 0.333. The zero-order chi connectivity index (χ0) is 15.5. The van der Waals surface area contributed by atoms with Crippen LogP contribution >= 0.6 is 0 Å². The maximum absolute atomic E-state index is 6.06. The van der Waals surface area contributed by atoms with Crippen molar-refractivity contribution in [1.29, 1.82) is 0 Å². The molecule has 0 saturated carbocycles. The van der Waals surface area contributed by atoms with Gasteiger partial charge in [-0.2, -0.15) is 0 Å². The predicted molar refractivity (Wildman–Crippen MR) is 90.0 cm³/mol. The van der Waals surface area contributed by atoms with Crippen molar-refractivity contribution in [3.05, 3.63) is 48.7 Å². The molecule has 0 bridgehead atoms. The molecule has 0 radical (unpaired) electrons. The molecule has 0 unspecified atom stereocenters. The number of benzene rings is 1. The lowest BCUT2D eigenvalue weighted by atomic mass is 10.0. The third-order valence-electron chi connectivity index (χ3n) is 4.27. The number of rotatable bonds is 4. The first-order valence-corrected chi connectivity index (χ1v) is 8.14. The van der Waals surface area contributed by atoms with E-state index in [9.17, 15) is 0 Å². The summed E-state index contributed by atoms with van der Waals surface area (Å²) in [5.41, 5.74) is 1.02. The second-order valence-corrected chi connectivity index (χ2v) is 5.95. The lowest BCUT2D eigenvalue weighted by Gasteiger charge is -2.22. The van der Waals surface area contributed by atoms with Crippen LogP contribution in [0.5, 0.6) is 5.88 Å². The van der Waals surface area contributed by atoms with Crippen LogP contribution < -0.4 is 10.1 Å². The molecule has 3 heterocycles. The van der Waals surface area contributed by atoms with E-state index >= 15 is 0 Å². The molecule has 1 atom stereocenters. The number of hydrogen-bond acceptors (Lipinski definition) is 4. The van der Waals surface area contributed by atoms with Gasteiger partial charge in [0.05, 0.1) is 17.5 Å². The van der Waals surface area contributed by atoms with Crippen LogP contribution in [0.3, 0.4) is 0 Å². The summed E-state index contributed by atoms with van der Waals surface area (Å²) in [5, 5.41) is 9.11. The molecule has 0 spiro atoms. The Morgan fingerprint density at radius 3 is 2.91 bits per heavy atom. The van der Waals surface area contributed by atoms with Gasteiger partial charge < -0.3 is 10.1 Å². The molecule has 1 aromatic carbocycles. The smallest absolute Gasteiger partial charge is 0.241 e. The summed E-state index contributed by atoms with van der Waals surface area (Å²) in [5.74, 6) is 2.05. The zero-order valence-corrected chi connectivity index (χ0v) is 13.0. The number of nitrogens with one attached hydrogen (secondary N) is 1. The van der Waals surface area contributed by atoms with E-state index in [4.69, 9.17) is 4.74 Å². The van der Waals surface area contributed by atoms with Crippen LogP contribution in [-0.2, 0) is 0 Å². The third kappa shape index (κ3) is 2.92. The minimum Gasteiger partial charge on any atom is -0.476 e. The Bertz CT molecular complexity index is 778. The molecular weight excluding hydrogens is 288 g/mol. The first-order valence-electron chi connectivity index (χ1n) is 8.14. The Morgan fingerprint density at radius 1 is 1.17 bits per heavy atom. The minimum atomic E-state index is 0.558. The Balaban J connectivity index is 1.64. The molecule has 5 heteroatoms. The topological polar surface area (TPSA) is 52.0 Å². The van der Waals surface area contributed by atoms with Crippen molar-refractivity contribution in [2.75, 3.05) is 19.7 Å². The van der Waals surface area contributed by atoms with Gasteiger partial charge in [0.15, 0.2) is 5.82 Å². The molecule has 1 fully saturated rings. The second kappa shape index (κ2) is 6.38. The molecule has 1 aliphatic rings. The van der Waals surface area contributed by atoms with E-state index in [0.717, 1.165) is 29.8 Å². The van der Waals surface area contributed by atoms with Gasteiger partial charge in [0.1, 0.15) is 0 Å². The van der Waals surface area contributed by atoms with Gasteiger partial charge in [-0.1, -0.05) is 18.2 Å². The first kappa shape index (κ1) is 14.2. The van der Waals surface area contributed by atoms with Crippen molar-refractivity contribution in [3.63, 3.8) is 0 Å². The number of aromatic nitrogens is 3. The predicted octanol–water partition coefficient (Wildman–Crippen LogP) is 2.80. The van der Waals surface area contributed by atoms with E-state index in [1.807, 2.05) is 41.1 Å². The van der Waals surface area contributed by atoms with Gasteiger partial charge in [-0.05, 0) is 43.7 Å². The fourth-order valence-electron chi connectivity index (χ4n) is 3.06. The molecule has 4 rings (SSSR count). The van der Waals surface area contributed by atoms with Gasteiger partial charge in [0, 0.05) is 18.7 Å². The molecule has 1 N–H and O–H groups in total. The highest BCUT2D eigenvalue weighted by Gasteiger charge is 2.17. The molecule has 1 saturated heterocycles. The number of fused-ring (bicyclic) bond motifs is 1. The number of nitrogens with zero attached hydrogens (tertiary/aromatic N) is 3. The summed E-state index contributed by atoms with van der Waals surface area (Å²) in [6.45, 7) is 2.85. The van der Waals surface area contributed by atoms with Crippen molar-refractivity contribution in [1.82, 2.24) is 20.1 Å². The summed E-state index contributed by atoms with van der Waals surface area (Å²) in [4.78, 5) is 4.40. The van der Waals surface area contributed by atoms with Gasteiger partial charge in [-0.15, -0.1) is 5.10 Å². The largest absolute Gasteiger partial charge is 0.476 e. The zero-order valence-electron chi connectivity index (χ0n) is 13.0. The molecule has 1 aliphatic heterocycles. The van der Waals surface area contributed by atoms with Crippen molar-refractivity contribution < 1.29 is 4.74 Å². The lowest BCUT2D eigenvalue weighted by molar-refractivity contribution is 0.213. The molecule has 5 nitrogen and oxygen atoms in total. The Hall–Kier alpha value is -2.40. The monoisotopic (exact) mass is 308 g/mol. The Morgan fingerprint density at radius 2 is 2.09 bits per heavy atom. The van der Waals surface area contributed by atoms with Gasteiger partial charge in [0.2, 0.25) is 5.88 Å². The molecule has 118 valence electrons. The Kier molecular flexibility index (Phi) is 3.94. The van der Waals surface area contributed by atoms with Gasteiger partial charge >= 0.3 is 0 Å². The van der Waals surface area contributed by atoms with Gasteiger partial charge in [-0.3, -0.25) is 0 Å². The lowest BCUT2D eigenvalue weighted by Crippen LogP contribution is -2.33. The van der Waals surface area contributed by atoms with Gasteiger partial charge in [0.25, 0.3) is 0 Å². The average molecular weight is 308 g/mol. The fourth-order valence-corrected chi connectivity index (χ4v) is 3.06. The average Bonchev–Trinajstić information content (AvgIpc) is 3.01. The Labute approximate surface area is 135 Å². The van der Waals surface area contributed by atoms with Crippen molar-refractivity contribution in [3.8, 4) is 11.7 Å². The molecule has 0 amide bonds. The van der Waals surface area contributed by atoms with Gasteiger partial charge in [-0.25, -0.2) is 9.67 Å². The third-order valence-corrected chi connectivity index (χ3v) is 4.27. The maximum atomic E-state index is 6.06. The SMILES string of the molecule is c1ccc(-n2nc(OC[C@H]3CCCNC3)c3ccccc32)nc1. The number of ether oxygens (including phenoxy) is 1. The van der Waals surface area contributed by atoms with Crippen LogP contribution in [0.15, 0.2) is 48.7 Å². The number of piperidine rings is 1. The standard InChI is InChI=1S/C18H20N4O/c1-2-8-16-15(7-1)18(23-13-14-6-5-10-19-12-14)21-22(16)17-9-3-4-11-20-17/h1-4,7-9,11,14,19H,5-6,10,12-13H2/t14-/m0/s1. The summed E-state index contributed by atoms with van der Waals surface area (Å²) < 4.78 is 7.91. The number of para-hydroxylation sites is 1. The van der Waals surface area contributed by atoms with Crippen LogP contribution in [0.2, 0.25) is 0 Å². The molecule has 3 aromatic rings. The summed E-state index contributed by atoms with van der Waals surface area (Å²) >= 11 is 0.